The number of anilines is 2. The summed E-state index contributed by atoms with van der Waals surface area (Å²) in [5.41, 5.74) is 7.05. The van der Waals surface area contributed by atoms with E-state index in [0.717, 1.165) is 47.3 Å². The van der Waals surface area contributed by atoms with Crippen molar-refractivity contribution in [2.24, 2.45) is 11.7 Å². The third kappa shape index (κ3) is 4.66. The third-order valence-electron chi connectivity index (χ3n) is 6.13. The van der Waals surface area contributed by atoms with Crippen molar-refractivity contribution < 1.29 is 14.3 Å². The zero-order valence-electron chi connectivity index (χ0n) is 18.4. The molecule has 166 valence electrons. The predicted molar refractivity (Wildman–Crippen MR) is 126 cm³/mol. The van der Waals surface area contributed by atoms with Gasteiger partial charge in [-0.25, -0.2) is 4.98 Å². The number of hydrogen-bond donors (Lipinski definition) is 2. The normalized spacial score (nSPS) is 17.1. The van der Waals surface area contributed by atoms with Crippen molar-refractivity contribution >= 4 is 34.1 Å². The quantitative estimate of drug-likeness (QED) is 0.619. The van der Waals surface area contributed by atoms with Gasteiger partial charge in [-0.15, -0.1) is 0 Å². The zero-order valence-corrected chi connectivity index (χ0v) is 18.4. The highest BCUT2D eigenvalue weighted by Gasteiger charge is 2.24. The van der Waals surface area contributed by atoms with E-state index in [1.807, 2.05) is 55.5 Å². The van der Waals surface area contributed by atoms with Crippen LogP contribution in [-0.2, 0) is 9.59 Å². The van der Waals surface area contributed by atoms with Crippen LogP contribution < -0.4 is 20.7 Å². The van der Waals surface area contributed by atoms with Crippen LogP contribution in [0.5, 0.6) is 5.75 Å². The minimum atomic E-state index is -0.320. The number of benzene rings is 2. The maximum Gasteiger partial charge on any atom is 0.231 e. The molecular formula is C25H28N4O3. The first-order valence-electron chi connectivity index (χ1n) is 10.8. The Morgan fingerprint density at radius 1 is 1.16 bits per heavy atom. The first-order chi connectivity index (χ1) is 15.4. The number of primary amides is 1. The predicted octanol–water partition coefficient (Wildman–Crippen LogP) is 3.69. The molecule has 1 unspecified atom stereocenters. The molecule has 2 heterocycles. The second kappa shape index (κ2) is 9.26. The van der Waals surface area contributed by atoms with Crippen LogP contribution in [0, 0.1) is 5.92 Å². The van der Waals surface area contributed by atoms with Gasteiger partial charge in [-0.3, -0.25) is 9.59 Å². The molecule has 2 aromatic carbocycles. The van der Waals surface area contributed by atoms with E-state index in [0.29, 0.717) is 12.2 Å². The number of nitrogens with zero attached hydrogens (tertiary/aromatic N) is 2. The number of carbonyl (C=O) groups excluding carboxylic acids is 2. The summed E-state index contributed by atoms with van der Waals surface area (Å²) >= 11 is 0. The van der Waals surface area contributed by atoms with E-state index in [1.165, 1.54) is 0 Å². The Kier molecular flexibility index (Phi) is 6.25. The Morgan fingerprint density at radius 3 is 2.66 bits per heavy atom. The number of amides is 2. The van der Waals surface area contributed by atoms with Gasteiger partial charge in [0.1, 0.15) is 11.6 Å². The molecule has 0 aliphatic carbocycles. The average Bonchev–Trinajstić information content (AvgIpc) is 2.83. The van der Waals surface area contributed by atoms with Gasteiger partial charge >= 0.3 is 0 Å². The number of ether oxygens (including phenoxy) is 1. The largest absolute Gasteiger partial charge is 0.497 e. The number of rotatable bonds is 6. The van der Waals surface area contributed by atoms with Crippen molar-refractivity contribution in [1.82, 2.24) is 4.98 Å². The van der Waals surface area contributed by atoms with Crippen LogP contribution >= 0.6 is 0 Å². The Morgan fingerprint density at radius 2 is 1.94 bits per heavy atom. The number of nitrogens with one attached hydrogen (secondary N) is 1. The summed E-state index contributed by atoms with van der Waals surface area (Å²) in [7, 11) is 1.65. The Bertz CT molecular complexity index is 1130. The zero-order chi connectivity index (χ0) is 22.7. The number of fused-ring (bicyclic) bond motifs is 1. The maximum absolute atomic E-state index is 12.8. The van der Waals surface area contributed by atoms with Crippen LogP contribution in [0.1, 0.15) is 31.2 Å². The smallest absolute Gasteiger partial charge is 0.231 e. The van der Waals surface area contributed by atoms with E-state index in [-0.39, 0.29) is 23.7 Å². The van der Waals surface area contributed by atoms with E-state index in [1.54, 1.807) is 13.3 Å². The minimum Gasteiger partial charge on any atom is -0.497 e. The second-order valence-corrected chi connectivity index (χ2v) is 8.28. The van der Waals surface area contributed by atoms with Gasteiger partial charge in [0.25, 0.3) is 0 Å². The molecule has 3 aromatic rings. The highest BCUT2D eigenvalue weighted by atomic mass is 16.5. The summed E-state index contributed by atoms with van der Waals surface area (Å²) < 4.78 is 5.27. The average molecular weight is 433 g/mol. The van der Waals surface area contributed by atoms with Crippen molar-refractivity contribution in [2.75, 3.05) is 30.4 Å². The molecule has 32 heavy (non-hydrogen) atoms. The monoisotopic (exact) mass is 432 g/mol. The van der Waals surface area contributed by atoms with Crippen molar-refractivity contribution in [1.29, 1.82) is 0 Å². The van der Waals surface area contributed by atoms with Gasteiger partial charge in [0, 0.05) is 13.1 Å². The molecule has 1 fully saturated rings. The Labute approximate surface area is 187 Å². The Balaban J connectivity index is 1.42. The summed E-state index contributed by atoms with van der Waals surface area (Å²) in [5.74, 6) is 0.765. The van der Waals surface area contributed by atoms with Gasteiger partial charge < -0.3 is 20.7 Å². The molecule has 4 rings (SSSR count). The number of nitrogens with two attached hydrogens (primary N) is 1. The highest BCUT2D eigenvalue weighted by molar-refractivity contribution is 5.96. The number of pyridine rings is 1. The van der Waals surface area contributed by atoms with Crippen LogP contribution in [0.2, 0.25) is 0 Å². The SMILES string of the molecule is COc1ccc2cc([C@H](C)C(=O)Nc3ccc(N4CCCC(C(N)=O)C4)nc3)ccc2c1. The minimum absolute atomic E-state index is 0.0980. The molecule has 0 bridgehead atoms. The lowest BCUT2D eigenvalue weighted by molar-refractivity contribution is -0.122. The van der Waals surface area contributed by atoms with Crippen LogP contribution in [0.4, 0.5) is 11.5 Å². The first kappa shape index (κ1) is 21.6. The van der Waals surface area contributed by atoms with Gasteiger partial charge in [-0.05, 0) is 60.4 Å². The van der Waals surface area contributed by atoms with Crippen LogP contribution in [0.15, 0.2) is 54.7 Å². The van der Waals surface area contributed by atoms with E-state index < -0.39 is 0 Å². The fourth-order valence-corrected chi connectivity index (χ4v) is 4.11. The third-order valence-corrected chi connectivity index (χ3v) is 6.13. The lowest BCUT2D eigenvalue weighted by Crippen LogP contribution is -2.41. The molecule has 3 N–H and O–H groups in total. The molecular weight excluding hydrogens is 404 g/mol. The number of carbonyl (C=O) groups is 2. The lowest BCUT2D eigenvalue weighted by atomic mass is 9.97. The number of piperidine rings is 1. The fraction of sp³-hybridized carbons (Fsp3) is 0.320. The summed E-state index contributed by atoms with van der Waals surface area (Å²) in [4.78, 5) is 30.9. The van der Waals surface area contributed by atoms with Crippen molar-refractivity contribution in [3.8, 4) is 5.75 Å². The van der Waals surface area contributed by atoms with E-state index >= 15 is 0 Å². The lowest BCUT2D eigenvalue weighted by Gasteiger charge is -2.32. The van der Waals surface area contributed by atoms with Gasteiger partial charge in [0.15, 0.2) is 0 Å². The molecule has 0 spiro atoms. The number of methoxy groups -OCH3 is 1. The second-order valence-electron chi connectivity index (χ2n) is 8.28. The van der Waals surface area contributed by atoms with Crippen LogP contribution in [0.3, 0.4) is 0 Å². The summed E-state index contributed by atoms with van der Waals surface area (Å²) in [6, 6.07) is 15.6. The van der Waals surface area contributed by atoms with Crippen LogP contribution in [0.25, 0.3) is 10.8 Å². The molecule has 1 aliphatic heterocycles. The highest BCUT2D eigenvalue weighted by Crippen LogP contribution is 2.27. The number of aromatic nitrogens is 1. The molecule has 2 amide bonds. The van der Waals surface area contributed by atoms with Gasteiger partial charge in [0.05, 0.1) is 30.8 Å². The molecule has 1 aromatic heterocycles. The summed E-state index contributed by atoms with van der Waals surface area (Å²) in [5, 5.41) is 5.08. The van der Waals surface area contributed by atoms with E-state index in [9.17, 15) is 9.59 Å². The Hall–Kier alpha value is -3.61. The summed E-state index contributed by atoms with van der Waals surface area (Å²) in [6.07, 6.45) is 3.38. The standard InChI is InChI=1S/C25H28N4O3/c1-16(17-5-6-19-13-22(32-2)9-7-18(19)12-17)25(31)28-21-8-10-23(27-14-21)29-11-3-4-20(15-29)24(26)30/h5-10,12-14,16,20H,3-4,11,15H2,1-2H3,(H2,26,30)(H,28,31)/t16-,20?/m0/s1. The van der Waals surface area contributed by atoms with Gasteiger partial charge in [0.2, 0.25) is 11.8 Å². The molecule has 7 nitrogen and oxygen atoms in total. The van der Waals surface area contributed by atoms with E-state index in [2.05, 4.69) is 15.2 Å². The van der Waals surface area contributed by atoms with Gasteiger partial charge in [-0.1, -0.05) is 24.3 Å². The molecule has 0 radical (unpaired) electrons. The maximum atomic E-state index is 12.8. The molecule has 2 atom stereocenters. The molecule has 1 saturated heterocycles. The number of hydrogen-bond acceptors (Lipinski definition) is 5. The molecule has 1 aliphatic rings. The molecule has 7 heteroatoms. The fourth-order valence-electron chi connectivity index (χ4n) is 4.11. The van der Waals surface area contributed by atoms with Crippen molar-refractivity contribution in [2.45, 2.75) is 25.7 Å². The summed E-state index contributed by atoms with van der Waals surface area (Å²) in [6.45, 7) is 3.31. The van der Waals surface area contributed by atoms with Crippen LogP contribution in [-0.4, -0.2) is 37.0 Å². The van der Waals surface area contributed by atoms with E-state index in [4.69, 9.17) is 10.5 Å². The van der Waals surface area contributed by atoms with Gasteiger partial charge in [-0.2, -0.15) is 0 Å². The topological polar surface area (TPSA) is 97.5 Å². The molecule has 0 saturated carbocycles. The first-order valence-corrected chi connectivity index (χ1v) is 10.8. The van der Waals surface area contributed by atoms with Crippen molar-refractivity contribution in [3.63, 3.8) is 0 Å². The van der Waals surface area contributed by atoms with Crippen molar-refractivity contribution in [3.05, 3.63) is 60.3 Å².